The number of likely N-dealkylation sites (N-methyl/N-ethyl adjacent to an activating group) is 1. The molecule has 2 nitrogen and oxygen atoms in total. The summed E-state index contributed by atoms with van der Waals surface area (Å²) in [5.41, 5.74) is 5.62. The van der Waals surface area contributed by atoms with Gasteiger partial charge in [0, 0.05) is 4.47 Å². The molecule has 1 aromatic rings. The molecule has 94 valence electrons. The van der Waals surface area contributed by atoms with Crippen LogP contribution in [0, 0.1) is 13.8 Å². The van der Waals surface area contributed by atoms with Crippen molar-refractivity contribution in [2.24, 2.45) is 0 Å². The highest BCUT2D eigenvalue weighted by Gasteiger charge is 2.22. The van der Waals surface area contributed by atoms with E-state index in [-0.39, 0.29) is 0 Å². The summed E-state index contributed by atoms with van der Waals surface area (Å²) in [4.78, 5) is 0. The van der Waals surface area contributed by atoms with Gasteiger partial charge in [-0.1, -0.05) is 22.9 Å². The van der Waals surface area contributed by atoms with E-state index in [4.69, 9.17) is 4.74 Å². The molecule has 0 spiro atoms. The lowest BCUT2D eigenvalue weighted by atomic mass is 9.91. The molecule has 1 aromatic carbocycles. The Morgan fingerprint density at radius 1 is 1.47 bits per heavy atom. The van der Waals surface area contributed by atoms with Crippen molar-refractivity contribution in [1.29, 1.82) is 0 Å². The average Bonchev–Trinajstić information content (AvgIpc) is 2.50. The summed E-state index contributed by atoms with van der Waals surface area (Å²) in [5.74, 6) is 0. The third kappa shape index (κ3) is 2.56. The lowest BCUT2D eigenvalue weighted by Crippen LogP contribution is -2.26. The van der Waals surface area contributed by atoms with Crippen LogP contribution in [0.3, 0.4) is 0 Å². The molecule has 0 amide bonds. The van der Waals surface area contributed by atoms with Crippen molar-refractivity contribution in [2.75, 3.05) is 19.8 Å². The van der Waals surface area contributed by atoms with Crippen LogP contribution in [0.4, 0.5) is 0 Å². The molecule has 2 rings (SSSR count). The van der Waals surface area contributed by atoms with Crippen LogP contribution in [0.5, 0.6) is 0 Å². The lowest BCUT2D eigenvalue weighted by molar-refractivity contribution is 0.122. The van der Waals surface area contributed by atoms with Crippen LogP contribution in [0.15, 0.2) is 10.5 Å². The van der Waals surface area contributed by atoms with E-state index in [1.807, 2.05) is 0 Å². The minimum Gasteiger partial charge on any atom is -0.379 e. The number of fused-ring (bicyclic) bond motifs is 1. The molecular formula is C14H20BrNO. The second kappa shape index (κ2) is 5.51. The minimum absolute atomic E-state index is 0.327. The van der Waals surface area contributed by atoms with Crippen molar-refractivity contribution >= 4 is 15.9 Å². The molecule has 1 aliphatic rings. The van der Waals surface area contributed by atoms with Gasteiger partial charge >= 0.3 is 0 Å². The van der Waals surface area contributed by atoms with E-state index >= 15 is 0 Å². The first-order valence-corrected chi connectivity index (χ1v) is 7.04. The smallest absolute Gasteiger partial charge is 0.0661 e. The Labute approximate surface area is 112 Å². The Kier molecular flexibility index (Phi) is 4.23. The quantitative estimate of drug-likeness (QED) is 0.904. The van der Waals surface area contributed by atoms with Crippen LogP contribution < -0.4 is 5.32 Å². The summed E-state index contributed by atoms with van der Waals surface area (Å²) in [6, 6.07) is 2.55. The second-order valence-corrected chi connectivity index (χ2v) is 5.48. The van der Waals surface area contributed by atoms with Crippen molar-refractivity contribution in [1.82, 2.24) is 5.32 Å². The van der Waals surface area contributed by atoms with Crippen molar-refractivity contribution in [3.63, 3.8) is 0 Å². The van der Waals surface area contributed by atoms with Crippen LogP contribution in [0.2, 0.25) is 0 Å². The number of hydrogen-bond acceptors (Lipinski definition) is 2. The third-order valence-electron chi connectivity index (χ3n) is 3.49. The standard InChI is InChI=1S/C14H20BrNO/c1-4-16-13-8-17-6-5-11-9(2)7-12(15)10(3)14(11)13/h7,13,16H,4-6,8H2,1-3H3. The molecule has 0 aromatic heterocycles. The summed E-state index contributed by atoms with van der Waals surface area (Å²) >= 11 is 3.66. The maximum atomic E-state index is 5.71. The van der Waals surface area contributed by atoms with Crippen LogP contribution in [-0.2, 0) is 11.2 Å². The zero-order chi connectivity index (χ0) is 12.4. The summed E-state index contributed by atoms with van der Waals surface area (Å²) in [7, 11) is 0. The van der Waals surface area contributed by atoms with Crippen molar-refractivity contribution in [3.8, 4) is 0 Å². The first kappa shape index (κ1) is 13.1. The molecule has 0 saturated heterocycles. The molecule has 0 bridgehead atoms. The summed E-state index contributed by atoms with van der Waals surface area (Å²) in [5, 5.41) is 3.53. The van der Waals surface area contributed by atoms with Gasteiger partial charge in [0.1, 0.15) is 0 Å². The predicted octanol–water partition coefficient (Wildman–Crippen LogP) is 3.29. The molecule has 17 heavy (non-hydrogen) atoms. The number of hydrogen-bond donors (Lipinski definition) is 1. The Hall–Kier alpha value is -0.380. The fraction of sp³-hybridized carbons (Fsp3) is 0.571. The number of nitrogens with one attached hydrogen (secondary N) is 1. The van der Waals surface area contributed by atoms with E-state index in [1.165, 1.54) is 26.7 Å². The molecule has 0 aliphatic carbocycles. The van der Waals surface area contributed by atoms with Crippen molar-refractivity contribution in [3.05, 3.63) is 32.8 Å². The molecule has 0 saturated carbocycles. The Bertz CT molecular complexity index is 417. The number of benzene rings is 1. The molecule has 1 aliphatic heterocycles. The molecule has 1 unspecified atom stereocenters. The van der Waals surface area contributed by atoms with Crippen molar-refractivity contribution in [2.45, 2.75) is 33.2 Å². The first-order chi connectivity index (χ1) is 8.15. The van der Waals surface area contributed by atoms with E-state index in [2.05, 4.69) is 48.1 Å². The van der Waals surface area contributed by atoms with Gasteiger partial charge in [0.15, 0.2) is 0 Å². The zero-order valence-corrected chi connectivity index (χ0v) is 12.4. The Balaban J connectivity index is 2.54. The van der Waals surface area contributed by atoms with Gasteiger partial charge in [0.2, 0.25) is 0 Å². The van der Waals surface area contributed by atoms with Gasteiger partial charge in [0.05, 0.1) is 19.3 Å². The van der Waals surface area contributed by atoms with E-state index in [0.29, 0.717) is 6.04 Å². The van der Waals surface area contributed by atoms with Crippen LogP contribution in [0.1, 0.15) is 35.2 Å². The van der Waals surface area contributed by atoms with E-state index in [1.54, 1.807) is 0 Å². The van der Waals surface area contributed by atoms with E-state index < -0.39 is 0 Å². The van der Waals surface area contributed by atoms with Gasteiger partial charge in [0.25, 0.3) is 0 Å². The number of rotatable bonds is 2. The molecule has 1 heterocycles. The van der Waals surface area contributed by atoms with E-state index in [9.17, 15) is 0 Å². The Morgan fingerprint density at radius 2 is 2.24 bits per heavy atom. The maximum absolute atomic E-state index is 5.71. The van der Waals surface area contributed by atoms with Crippen LogP contribution >= 0.6 is 15.9 Å². The fourth-order valence-electron chi connectivity index (χ4n) is 2.62. The number of halogens is 1. The molecular weight excluding hydrogens is 278 g/mol. The van der Waals surface area contributed by atoms with Gasteiger partial charge in [-0.25, -0.2) is 0 Å². The van der Waals surface area contributed by atoms with Gasteiger partial charge < -0.3 is 10.1 Å². The molecule has 0 radical (unpaired) electrons. The number of ether oxygens (including phenoxy) is 1. The normalized spacial score (nSPS) is 19.9. The monoisotopic (exact) mass is 297 g/mol. The molecule has 1 N–H and O–H groups in total. The highest BCUT2D eigenvalue weighted by molar-refractivity contribution is 9.10. The van der Waals surface area contributed by atoms with Gasteiger partial charge in [-0.3, -0.25) is 0 Å². The molecule has 3 heteroatoms. The molecule has 0 fully saturated rings. The fourth-order valence-corrected chi connectivity index (χ4v) is 3.18. The first-order valence-electron chi connectivity index (χ1n) is 6.24. The SMILES string of the molecule is CCNC1COCCc2c(C)cc(Br)c(C)c21. The van der Waals surface area contributed by atoms with Gasteiger partial charge in [-0.2, -0.15) is 0 Å². The molecule has 1 atom stereocenters. The predicted molar refractivity (Wildman–Crippen MR) is 74.6 cm³/mol. The summed E-state index contributed by atoms with van der Waals surface area (Å²) in [6.45, 7) is 9.10. The summed E-state index contributed by atoms with van der Waals surface area (Å²) < 4.78 is 6.92. The highest BCUT2D eigenvalue weighted by atomic mass is 79.9. The second-order valence-electron chi connectivity index (χ2n) is 4.63. The Morgan fingerprint density at radius 3 is 2.94 bits per heavy atom. The summed E-state index contributed by atoms with van der Waals surface area (Å²) in [6.07, 6.45) is 1.02. The van der Waals surface area contributed by atoms with Crippen LogP contribution in [0.25, 0.3) is 0 Å². The average molecular weight is 298 g/mol. The zero-order valence-electron chi connectivity index (χ0n) is 10.8. The van der Waals surface area contributed by atoms with Crippen LogP contribution in [-0.4, -0.2) is 19.8 Å². The third-order valence-corrected chi connectivity index (χ3v) is 4.31. The number of aryl methyl sites for hydroxylation is 1. The lowest BCUT2D eigenvalue weighted by Gasteiger charge is -2.22. The highest BCUT2D eigenvalue weighted by Crippen LogP contribution is 2.33. The van der Waals surface area contributed by atoms with E-state index in [0.717, 1.165) is 26.2 Å². The minimum atomic E-state index is 0.327. The topological polar surface area (TPSA) is 21.3 Å². The van der Waals surface area contributed by atoms with Gasteiger partial charge in [-0.15, -0.1) is 0 Å². The largest absolute Gasteiger partial charge is 0.379 e. The maximum Gasteiger partial charge on any atom is 0.0661 e. The van der Waals surface area contributed by atoms with Gasteiger partial charge in [-0.05, 0) is 55.1 Å². The van der Waals surface area contributed by atoms with Crippen molar-refractivity contribution < 1.29 is 4.74 Å².